The van der Waals surface area contributed by atoms with Crippen LogP contribution in [0.25, 0.3) is 0 Å². The maximum atomic E-state index is 10.2. The standard InChI is InChI=1S/C19H21N5O3S/c1-11-5-4-6-12(2)18(11)27-10-16-22-23-19(28)24(16)21-8-15-14(9-25)7-20-13(3)17(15)26/h4-8,25-26H,9-10H2,1-3H3,(H,23,28)/b21-8+. The van der Waals surface area contributed by atoms with Crippen LogP contribution >= 0.6 is 12.2 Å². The maximum Gasteiger partial charge on any atom is 0.216 e. The SMILES string of the molecule is Cc1cccc(C)c1OCc1n[nH]c(=S)n1/N=C/c1c(CO)cnc(C)c1O. The van der Waals surface area contributed by atoms with Gasteiger partial charge in [0, 0.05) is 17.3 Å². The molecule has 8 nitrogen and oxygen atoms in total. The fourth-order valence-corrected chi connectivity index (χ4v) is 2.94. The monoisotopic (exact) mass is 399 g/mol. The molecule has 0 saturated heterocycles. The number of aryl methyl sites for hydroxylation is 3. The average molecular weight is 399 g/mol. The molecule has 1 aromatic carbocycles. The summed E-state index contributed by atoms with van der Waals surface area (Å²) in [5, 5.41) is 30.9. The van der Waals surface area contributed by atoms with E-state index in [0.717, 1.165) is 16.9 Å². The van der Waals surface area contributed by atoms with Crippen LogP contribution < -0.4 is 4.74 Å². The van der Waals surface area contributed by atoms with E-state index in [1.165, 1.54) is 17.1 Å². The summed E-state index contributed by atoms with van der Waals surface area (Å²) in [5.41, 5.74) is 3.31. The van der Waals surface area contributed by atoms with Gasteiger partial charge in [0.05, 0.1) is 18.5 Å². The van der Waals surface area contributed by atoms with E-state index < -0.39 is 0 Å². The van der Waals surface area contributed by atoms with E-state index in [0.29, 0.717) is 22.6 Å². The van der Waals surface area contributed by atoms with Crippen LogP contribution in [0.5, 0.6) is 11.5 Å². The van der Waals surface area contributed by atoms with Crippen LogP contribution in [0, 0.1) is 25.5 Å². The maximum absolute atomic E-state index is 10.2. The highest BCUT2D eigenvalue weighted by Gasteiger charge is 2.12. The van der Waals surface area contributed by atoms with Crippen LogP contribution in [-0.4, -0.2) is 36.3 Å². The van der Waals surface area contributed by atoms with Gasteiger partial charge in [-0.3, -0.25) is 4.98 Å². The van der Waals surface area contributed by atoms with Crippen molar-refractivity contribution >= 4 is 18.4 Å². The number of benzene rings is 1. The molecule has 9 heteroatoms. The van der Waals surface area contributed by atoms with Crippen molar-refractivity contribution in [3.05, 3.63) is 62.9 Å². The van der Waals surface area contributed by atoms with Gasteiger partial charge in [-0.25, -0.2) is 5.10 Å². The minimum atomic E-state index is -0.276. The number of rotatable bonds is 6. The van der Waals surface area contributed by atoms with Crippen molar-refractivity contribution in [2.45, 2.75) is 34.0 Å². The summed E-state index contributed by atoms with van der Waals surface area (Å²) < 4.78 is 7.62. The van der Waals surface area contributed by atoms with E-state index in [1.54, 1.807) is 6.92 Å². The minimum Gasteiger partial charge on any atom is -0.505 e. The third-order valence-electron chi connectivity index (χ3n) is 4.30. The number of ether oxygens (including phenoxy) is 1. The Kier molecular flexibility index (Phi) is 5.86. The van der Waals surface area contributed by atoms with E-state index in [1.807, 2.05) is 32.0 Å². The van der Waals surface area contributed by atoms with Gasteiger partial charge in [-0.15, -0.1) is 0 Å². The Balaban J connectivity index is 1.89. The molecular formula is C19H21N5O3S. The molecule has 0 fully saturated rings. The molecule has 3 N–H and O–H groups in total. The van der Waals surface area contributed by atoms with E-state index in [2.05, 4.69) is 20.3 Å². The number of aromatic amines is 1. The van der Waals surface area contributed by atoms with Crippen molar-refractivity contribution in [3.8, 4) is 11.5 Å². The molecule has 2 heterocycles. The molecule has 0 aliphatic heterocycles. The first kappa shape index (κ1) is 19.7. The Morgan fingerprint density at radius 3 is 2.68 bits per heavy atom. The molecule has 2 aromatic heterocycles. The zero-order valence-corrected chi connectivity index (χ0v) is 16.6. The lowest BCUT2D eigenvalue weighted by Crippen LogP contribution is -2.06. The topological polar surface area (TPSA) is 109 Å². The Bertz CT molecular complexity index is 1070. The minimum absolute atomic E-state index is 0.0429. The van der Waals surface area contributed by atoms with Gasteiger partial charge in [0.1, 0.15) is 18.1 Å². The summed E-state index contributed by atoms with van der Waals surface area (Å²) in [6.45, 7) is 5.50. The highest BCUT2D eigenvalue weighted by molar-refractivity contribution is 7.71. The Labute approximate surface area is 167 Å². The normalized spacial score (nSPS) is 11.3. The van der Waals surface area contributed by atoms with Gasteiger partial charge in [-0.1, -0.05) is 18.2 Å². The second kappa shape index (κ2) is 8.32. The zero-order chi connectivity index (χ0) is 20.3. The molecule has 0 radical (unpaired) electrons. The van der Waals surface area contributed by atoms with Gasteiger partial charge in [0.25, 0.3) is 0 Å². The van der Waals surface area contributed by atoms with Crippen molar-refractivity contribution in [2.24, 2.45) is 5.10 Å². The number of nitrogens with one attached hydrogen (secondary N) is 1. The highest BCUT2D eigenvalue weighted by Crippen LogP contribution is 2.24. The first-order chi connectivity index (χ1) is 13.4. The lowest BCUT2D eigenvalue weighted by atomic mass is 10.1. The largest absolute Gasteiger partial charge is 0.505 e. The van der Waals surface area contributed by atoms with Crippen molar-refractivity contribution in [2.75, 3.05) is 0 Å². The number of hydrogen-bond acceptors (Lipinski definition) is 7. The summed E-state index contributed by atoms with van der Waals surface area (Å²) in [6, 6.07) is 5.92. The number of aromatic hydroxyl groups is 1. The van der Waals surface area contributed by atoms with E-state index in [-0.39, 0.29) is 23.7 Å². The van der Waals surface area contributed by atoms with Crippen LogP contribution in [0.3, 0.4) is 0 Å². The van der Waals surface area contributed by atoms with E-state index >= 15 is 0 Å². The number of nitrogens with zero attached hydrogens (tertiary/aromatic N) is 4. The first-order valence-corrected chi connectivity index (χ1v) is 9.01. The predicted octanol–water partition coefficient (Wildman–Crippen LogP) is 2.92. The van der Waals surface area contributed by atoms with Gasteiger partial charge in [-0.2, -0.15) is 14.9 Å². The second-order valence-electron chi connectivity index (χ2n) is 6.30. The molecule has 3 rings (SSSR count). The molecule has 0 bridgehead atoms. The Hall–Kier alpha value is -3.04. The number of pyridine rings is 1. The van der Waals surface area contributed by atoms with Crippen molar-refractivity contribution in [1.29, 1.82) is 0 Å². The van der Waals surface area contributed by atoms with Crippen LogP contribution in [-0.2, 0) is 13.2 Å². The molecule has 0 amide bonds. The number of hydrogen-bond donors (Lipinski definition) is 3. The van der Waals surface area contributed by atoms with Gasteiger partial charge in [-0.05, 0) is 44.1 Å². The molecule has 0 atom stereocenters. The summed E-state index contributed by atoms with van der Waals surface area (Å²) >= 11 is 5.24. The van der Waals surface area contributed by atoms with Gasteiger partial charge >= 0.3 is 0 Å². The van der Waals surface area contributed by atoms with Crippen LogP contribution in [0.15, 0.2) is 29.5 Å². The summed E-state index contributed by atoms with van der Waals surface area (Å²) in [7, 11) is 0. The lowest BCUT2D eigenvalue weighted by Gasteiger charge is -2.11. The summed E-state index contributed by atoms with van der Waals surface area (Å²) in [4.78, 5) is 4.03. The number of aliphatic hydroxyl groups is 1. The Morgan fingerprint density at radius 1 is 1.29 bits per heavy atom. The number of para-hydroxylation sites is 1. The number of aromatic nitrogens is 4. The third-order valence-corrected chi connectivity index (χ3v) is 4.57. The molecule has 0 aliphatic carbocycles. The molecule has 146 valence electrons. The molecule has 0 saturated carbocycles. The van der Waals surface area contributed by atoms with Crippen molar-refractivity contribution < 1.29 is 14.9 Å². The van der Waals surface area contributed by atoms with Crippen molar-refractivity contribution in [3.63, 3.8) is 0 Å². The van der Waals surface area contributed by atoms with Crippen LogP contribution in [0.1, 0.15) is 33.8 Å². The van der Waals surface area contributed by atoms with Crippen LogP contribution in [0.4, 0.5) is 0 Å². The molecule has 0 aliphatic rings. The predicted molar refractivity (Wildman–Crippen MR) is 107 cm³/mol. The number of H-pyrrole nitrogens is 1. The zero-order valence-electron chi connectivity index (χ0n) is 15.8. The molecule has 0 spiro atoms. The smallest absolute Gasteiger partial charge is 0.216 e. The van der Waals surface area contributed by atoms with E-state index in [9.17, 15) is 10.2 Å². The molecule has 3 aromatic rings. The average Bonchev–Trinajstić information content (AvgIpc) is 3.02. The highest BCUT2D eigenvalue weighted by atomic mass is 32.1. The summed E-state index contributed by atoms with van der Waals surface area (Å²) in [6.07, 6.45) is 2.92. The lowest BCUT2D eigenvalue weighted by molar-refractivity contribution is 0.280. The fourth-order valence-electron chi connectivity index (χ4n) is 2.74. The molecular weight excluding hydrogens is 378 g/mol. The Morgan fingerprint density at radius 2 is 2.00 bits per heavy atom. The fraction of sp³-hybridized carbons (Fsp3) is 0.263. The van der Waals surface area contributed by atoms with Crippen molar-refractivity contribution in [1.82, 2.24) is 19.9 Å². The third kappa shape index (κ3) is 3.95. The second-order valence-corrected chi connectivity index (χ2v) is 6.69. The first-order valence-electron chi connectivity index (χ1n) is 8.60. The quantitative estimate of drug-likeness (QED) is 0.434. The van der Waals surface area contributed by atoms with Gasteiger partial charge < -0.3 is 14.9 Å². The number of aliphatic hydroxyl groups excluding tert-OH is 1. The van der Waals surface area contributed by atoms with Gasteiger partial charge in [0.2, 0.25) is 4.77 Å². The van der Waals surface area contributed by atoms with Crippen LogP contribution in [0.2, 0.25) is 0 Å². The van der Waals surface area contributed by atoms with Gasteiger partial charge in [0.15, 0.2) is 5.82 Å². The molecule has 28 heavy (non-hydrogen) atoms. The molecule has 0 unspecified atom stereocenters. The van der Waals surface area contributed by atoms with E-state index in [4.69, 9.17) is 17.0 Å². The summed E-state index contributed by atoms with van der Waals surface area (Å²) in [5.74, 6) is 1.22.